The summed E-state index contributed by atoms with van der Waals surface area (Å²) in [6.45, 7) is 0. The van der Waals surface area contributed by atoms with Gasteiger partial charge in [-0.3, -0.25) is 4.79 Å². The van der Waals surface area contributed by atoms with E-state index in [4.69, 9.17) is 0 Å². The van der Waals surface area contributed by atoms with Crippen LogP contribution < -0.4 is 5.32 Å². The summed E-state index contributed by atoms with van der Waals surface area (Å²) in [6.07, 6.45) is 2.70. The van der Waals surface area contributed by atoms with Crippen molar-refractivity contribution < 1.29 is 9.90 Å². The van der Waals surface area contributed by atoms with Crippen LogP contribution in [0.4, 0.5) is 0 Å². The molecule has 0 spiro atoms. The summed E-state index contributed by atoms with van der Waals surface area (Å²) in [6, 6.07) is 16.1. The minimum atomic E-state index is -0.521. The van der Waals surface area contributed by atoms with Crippen molar-refractivity contribution in [3.05, 3.63) is 70.8 Å². The van der Waals surface area contributed by atoms with Crippen LogP contribution in [0.3, 0.4) is 0 Å². The molecule has 2 aromatic rings. The Balaban J connectivity index is 1.45. The summed E-state index contributed by atoms with van der Waals surface area (Å²) < 4.78 is 0. The Morgan fingerprint density at radius 3 is 2.57 bits per heavy atom. The third kappa shape index (κ3) is 2.66. The first kappa shape index (κ1) is 14.5. The number of aliphatic hydroxyl groups excluding tert-OH is 1. The van der Waals surface area contributed by atoms with E-state index in [2.05, 4.69) is 23.5 Å². The van der Waals surface area contributed by atoms with Crippen molar-refractivity contribution in [3.63, 3.8) is 0 Å². The van der Waals surface area contributed by atoms with E-state index >= 15 is 0 Å². The van der Waals surface area contributed by atoms with Crippen molar-refractivity contribution in [2.75, 3.05) is 0 Å². The van der Waals surface area contributed by atoms with Gasteiger partial charge in [0.05, 0.1) is 12.1 Å². The zero-order chi connectivity index (χ0) is 15.8. The standard InChI is InChI=1S/C20H21NO2/c22-18-11-14-6-2-4-8-17(14)20(18)21-19(23)12-15-10-9-13-5-1-3-7-16(13)15/h1-8,15,18,20,22H,9-12H2,(H,21,23). The lowest BCUT2D eigenvalue weighted by Gasteiger charge is -2.19. The van der Waals surface area contributed by atoms with Crippen molar-refractivity contribution in [1.29, 1.82) is 0 Å². The number of aryl methyl sites for hydroxylation is 1. The number of nitrogens with one attached hydrogen (secondary N) is 1. The van der Waals surface area contributed by atoms with E-state index in [1.807, 2.05) is 30.3 Å². The predicted molar refractivity (Wildman–Crippen MR) is 89.2 cm³/mol. The van der Waals surface area contributed by atoms with E-state index in [0.717, 1.165) is 24.0 Å². The molecule has 0 bridgehead atoms. The van der Waals surface area contributed by atoms with E-state index < -0.39 is 6.10 Å². The SMILES string of the molecule is O=C(CC1CCc2ccccc21)NC1c2ccccc2CC1O. The summed E-state index contributed by atoms with van der Waals surface area (Å²) in [7, 11) is 0. The van der Waals surface area contributed by atoms with Crippen molar-refractivity contribution in [1.82, 2.24) is 5.32 Å². The van der Waals surface area contributed by atoms with Crippen LogP contribution in [0.2, 0.25) is 0 Å². The van der Waals surface area contributed by atoms with Gasteiger partial charge in [0.1, 0.15) is 0 Å². The number of carbonyl (C=O) groups excluding carboxylic acids is 1. The van der Waals surface area contributed by atoms with Gasteiger partial charge in [-0.05, 0) is 41.0 Å². The van der Waals surface area contributed by atoms with Crippen LogP contribution in [0.1, 0.15) is 47.1 Å². The van der Waals surface area contributed by atoms with Gasteiger partial charge in [0, 0.05) is 12.8 Å². The molecule has 0 fully saturated rings. The van der Waals surface area contributed by atoms with Crippen LogP contribution in [-0.2, 0) is 17.6 Å². The molecule has 2 N–H and O–H groups in total. The molecule has 2 aliphatic carbocycles. The van der Waals surface area contributed by atoms with Crippen molar-refractivity contribution >= 4 is 5.91 Å². The highest BCUT2D eigenvalue weighted by atomic mass is 16.3. The van der Waals surface area contributed by atoms with Crippen LogP contribution in [0.25, 0.3) is 0 Å². The fourth-order valence-corrected chi connectivity index (χ4v) is 4.06. The average Bonchev–Trinajstić information content (AvgIpc) is 3.10. The minimum absolute atomic E-state index is 0.0347. The maximum atomic E-state index is 12.5. The van der Waals surface area contributed by atoms with Gasteiger partial charge in [-0.15, -0.1) is 0 Å². The molecule has 2 aromatic carbocycles. The number of aliphatic hydroxyl groups is 1. The van der Waals surface area contributed by atoms with E-state index in [9.17, 15) is 9.90 Å². The summed E-state index contributed by atoms with van der Waals surface area (Å²) in [5.74, 6) is 0.340. The number of rotatable bonds is 3. The molecule has 0 radical (unpaired) electrons. The molecule has 0 saturated heterocycles. The molecule has 4 rings (SSSR count). The first-order chi connectivity index (χ1) is 11.2. The molecule has 0 aliphatic heterocycles. The maximum Gasteiger partial charge on any atom is 0.221 e. The Bertz CT molecular complexity index is 740. The second-order valence-electron chi connectivity index (χ2n) is 6.65. The van der Waals surface area contributed by atoms with E-state index in [-0.39, 0.29) is 11.9 Å². The number of hydrogen-bond acceptors (Lipinski definition) is 2. The Morgan fingerprint density at radius 2 is 1.74 bits per heavy atom. The third-order valence-electron chi connectivity index (χ3n) is 5.21. The highest BCUT2D eigenvalue weighted by Gasteiger charge is 2.33. The predicted octanol–water partition coefficient (Wildman–Crippen LogP) is 2.88. The molecule has 3 heteroatoms. The van der Waals surface area contributed by atoms with Crippen LogP contribution in [-0.4, -0.2) is 17.1 Å². The fraction of sp³-hybridized carbons (Fsp3) is 0.350. The molecule has 23 heavy (non-hydrogen) atoms. The maximum absolute atomic E-state index is 12.5. The second kappa shape index (κ2) is 5.82. The molecule has 0 saturated carbocycles. The first-order valence-corrected chi connectivity index (χ1v) is 8.35. The van der Waals surface area contributed by atoms with E-state index in [0.29, 0.717) is 18.8 Å². The second-order valence-corrected chi connectivity index (χ2v) is 6.65. The summed E-state index contributed by atoms with van der Waals surface area (Å²) in [5, 5.41) is 13.3. The van der Waals surface area contributed by atoms with Gasteiger partial charge in [-0.25, -0.2) is 0 Å². The smallest absolute Gasteiger partial charge is 0.221 e. The lowest BCUT2D eigenvalue weighted by molar-refractivity contribution is -0.123. The van der Waals surface area contributed by atoms with Crippen LogP contribution in [0, 0.1) is 0 Å². The first-order valence-electron chi connectivity index (χ1n) is 8.35. The van der Waals surface area contributed by atoms with E-state index in [1.165, 1.54) is 11.1 Å². The number of hydrogen-bond donors (Lipinski definition) is 2. The number of amides is 1. The Kier molecular flexibility index (Phi) is 3.66. The van der Waals surface area contributed by atoms with Crippen LogP contribution in [0.15, 0.2) is 48.5 Å². The van der Waals surface area contributed by atoms with Gasteiger partial charge in [0.25, 0.3) is 0 Å². The normalized spacial score (nSPS) is 25.0. The van der Waals surface area contributed by atoms with Gasteiger partial charge in [-0.1, -0.05) is 48.5 Å². The van der Waals surface area contributed by atoms with Gasteiger partial charge in [0.15, 0.2) is 0 Å². The zero-order valence-corrected chi connectivity index (χ0v) is 13.0. The fourth-order valence-electron chi connectivity index (χ4n) is 4.06. The highest BCUT2D eigenvalue weighted by molar-refractivity contribution is 5.78. The quantitative estimate of drug-likeness (QED) is 0.916. The Hall–Kier alpha value is -2.13. The third-order valence-corrected chi connectivity index (χ3v) is 5.21. The zero-order valence-electron chi connectivity index (χ0n) is 13.0. The average molecular weight is 307 g/mol. The van der Waals surface area contributed by atoms with Gasteiger partial charge in [-0.2, -0.15) is 0 Å². The Labute approximate surface area is 136 Å². The van der Waals surface area contributed by atoms with Crippen molar-refractivity contribution in [2.24, 2.45) is 0 Å². The molecule has 3 unspecified atom stereocenters. The number of carbonyl (C=O) groups is 1. The van der Waals surface area contributed by atoms with Crippen molar-refractivity contribution in [3.8, 4) is 0 Å². The molecule has 1 amide bonds. The Morgan fingerprint density at radius 1 is 1.04 bits per heavy atom. The molecule has 3 atom stereocenters. The largest absolute Gasteiger partial charge is 0.390 e. The molecule has 2 aliphatic rings. The van der Waals surface area contributed by atoms with Crippen LogP contribution in [0.5, 0.6) is 0 Å². The minimum Gasteiger partial charge on any atom is -0.390 e. The van der Waals surface area contributed by atoms with Gasteiger partial charge in [0.2, 0.25) is 5.91 Å². The molecule has 0 heterocycles. The molecule has 3 nitrogen and oxygen atoms in total. The highest BCUT2D eigenvalue weighted by Crippen LogP contribution is 2.36. The van der Waals surface area contributed by atoms with E-state index in [1.54, 1.807) is 0 Å². The summed E-state index contributed by atoms with van der Waals surface area (Å²) in [4.78, 5) is 12.5. The number of fused-ring (bicyclic) bond motifs is 2. The lowest BCUT2D eigenvalue weighted by Crippen LogP contribution is -2.34. The molecule has 118 valence electrons. The lowest BCUT2D eigenvalue weighted by atomic mass is 9.97. The molecular weight excluding hydrogens is 286 g/mol. The number of benzene rings is 2. The van der Waals surface area contributed by atoms with Crippen LogP contribution >= 0.6 is 0 Å². The molecule has 0 aromatic heterocycles. The molecular formula is C20H21NO2. The summed E-state index contributed by atoms with van der Waals surface area (Å²) in [5.41, 5.74) is 4.88. The van der Waals surface area contributed by atoms with Gasteiger partial charge < -0.3 is 10.4 Å². The summed E-state index contributed by atoms with van der Waals surface area (Å²) >= 11 is 0. The van der Waals surface area contributed by atoms with Crippen molar-refractivity contribution in [2.45, 2.75) is 43.7 Å². The monoisotopic (exact) mass is 307 g/mol. The topological polar surface area (TPSA) is 49.3 Å². The van der Waals surface area contributed by atoms with Gasteiger partial charge >= 0.3 is 0 Å².